The zero-order chi connectivity index (χ0) is 10.8. The Morgan fingerprint density at radius 1 is 1.47 bits per heavy atom. The SMILES string of the molecule is O=C(Nc1cc(Br)ccc1Cl)C1CCC1. The largest absolute Gasteiger partial charge is 0.324 e. The standard InChI is InChI=1S/C11H11BrClNO/c12-8-4-5-9(13)10(6-8)14-11(15)7-2-1-3-7/h4-7H,1-3H2,(H,14,15). The van der Waals surface area contributed by atoms with Crippen LogP contribution >= 0.6 is 27.5 Å². The van der Waals surface area contributed by atoms with Gasteiger partial charge in [0.05, 0.1) is 10.7 Å². The fourth-order valence-electron chi connectivity index (χ4n) is 1.50. The summed E-state index contributed by atoms with van der Waals surface area (Å²) >= 11 is 9.32. The molecule has 15 heavy (non-hydrogen) atoms. The van der Waals surface area contributed by atoms with E-state index in [2.05, 4.69) is 21.2 Å². The first-order valence-corrected chi connectivity index (χ1v) is 6.10. The van der Waals surface area contributed by atoms with Gasteiger partial charge in [-0.25, -0.2) is 0 Å². The van der Waals surface area contributed by atoms with Crippen LogP contribution in [0.15, 0.2) is 22.7 Å². The summed E-state index contributed by atoms with van der Waals surface area (Å²) in [5, 5.41) is 3.43. The van der Waals surface area contributed by atoms with Gasteiger partial charge >= 0.3 is 0 Å². The van der Waals surface area contributed by atoms with Gasteiger partial charge in [-0.3, -0.25) is 4.79 Å². The second-order valence-corrected chi connectivity index (χ2v) is 5.06. The predicted molar refractivity (Wildman–Crippen MR) is 65.1 cm³/mol. The number of carbonyl (C=O) groups is 1. The lowest BCUT2D eigenvalue weighted by Gasteiger charge is -2.24. The van der Waals surface area contributed by atoms with Gasteiger partial charge in [0.2, 0.25) is 5.91 Å². The van der Waals surface area contributed by atoms with Crippen molar-refractivity contribution in [3.05, 3.63) is 27.7 Å². The van der Waals surface area contributed by atoms with Crippen LogP contribution in [-0.4, -0.2) is 5.91 Å². The number of carbonyl (C=O) groups excluding carboxylic acids is 1. The average Bonchev–Trinajstić information content (AvgIpc) is 2.08. The fourth-order valence-corrected chi connectivity index (χ4v) is 2.02. The number of hydrogen-bond acceptors (Lipinski definition) is 1. The Bertz CT molecular complexity index is 390. The molecule has 0 bridgehead atoms. The van der Waals surface area contributed by atoms with E-state index in [1.54, 1.807) is 6.07 Å². The molecule has 1 saturated carbocycles. The van der Waals surface area contributed by atoms with E-state index in [0.717, 1.165) is 23.7 Å². The molecule has 0 spiro atoms. The first-order valence-electron chi connectivity index (χ1n) is 4.93. The summed E-state index contributed by atoms with van der Waals surface area (Å²) in [5.74, 6) is 0.265. The minimum atomic E-state index is 0.0845. The number of nitrogens with one attached hydrogen (secondary N) is 1. The van der Waals surface area contributed by atoms with E-state index < -0.39 is 0 Å². The highest BCUT2D eigenvalue weighted by molar-refractivity contribution is 9.10. The number of benzene rings is 1. The van der Waals surface area contributed by atoms with Gasteiger partial charge in [-0.1, -0.05) is 34.0 Å². The molecule has 1 N–H and O–H groups in total. The van der Waals surface area contributed by atoms with E-state index in [9.17, 15) is 4.79 Å². The zero-order valence-corrected chi connectivity index (χ0v) is 10.4. The summed E-state index contributed by atoms with van der Waals surface area (Å²) in [6.45, 7) is 0. The minimum absolute atomic E-state index is 0.0845. The van der Waals surface area contributed by atoms with Gasteiger partial charge in [0.1, 0.15) is 0 Å². The van der Waals surface area contributed by atoms with Crippen LogP contribution in [0.3, 0.4) is 0 Å². The lowest BCUT2D eigenvalue weighted by molar-refractivity contribution is -0.122. The maximum atomic E-state index is 11.7. The lowest BCUT2D eigenvalue weighted by Crippen LogP contribution is -2.28. The third-order valence-electron chi connectivity index (χ3n) is 2.66. The minimum Gasteiger partial charge on any atom is -0.324 e. The monoisotopic (exact) mass is 287 g/mol. The summed E-state index contributed by atoms with van der Waals surface area (Å²) in [7, 11) is 0. The van der Waals surface area contributed by atoms with Gasteiger partial charge < -0.3 is 5.32 Å². The third kappa shape index (κ3) is 2.52. The zero-order valence-electron chi connectivity index (χ0n) is 8.09. The molecule has 0 unspecified atom stereocenters. The van der Waals surface area contributed by atoms with Crippen molar-refractivity contribution < 1.29 is 4.79 Å². The summed E-state index contributed by atoms with van der Waals surface area (Å²) in [6.07, 6.45) is 3.15. The van der Waals surface area contributed by atoms with Gasteiger partial charge in [0, 0.05) is 10.4 Å². The number of anilines is 1. The van der Waals surface area contributed by atoms with Crippen LogP contribution < -0.4 is 5.32 Å². The van der Waals surface area contributed by atoms with Crippen molar-refractivity contribution in [1.82, 2.24) is 0 Å². The normalized spacial score (nSPS) is 15.9. The quantitative estimate of drug-likeness (QED) is 0.880. The van der Waals surface area contributed by atoms with Crippen LogP contribution in [0.2, 0.25) is 5.02 Å². The molecular weight excluding hydrogens is 277 g/mol. The Balaban J connectivity index is 2.09. The molecule has 1 aliphatic carbocycles. The average molecular weight is 289 g/mol. The first-order chi connectivity index (χ1) is 7.16. The number of halogens is 2. The van der Waals surface area contributed by atoms with Crippen molar-refractivity contribution >= 4 is 39.1 Å². The second kappa shape index (κ2) is 4.54. The van der Waals surface area contributed by atoms with Crippen molar-refractivity contribution in [2.45, 2.75) is 19.3 Å². The van der Waals surface area contributed by atoms with E-state index in [1.165, 1.54) is 0 Å². The molecule has 1 aromatic rings. The number of amides is 1. The van der Waals surface area contributed by atoms with Crippen LogP contribution in [-0.2, 0) is 4.79 Å². The molecule has 0 atom stereocenters. The second-order valence-electron chi connectivity index (χ2n) is 3.74. The number of rotatable bonds is 2. The van der Waals surface area contributed by atoms with Gasteiger partial charge in [0.15, 0.2) is 0 Å². The van der Waals surface area contributed by atoms with Crippen LogP contribution in [0.4, 0.5) is 5.69 Å². The van der Waals surface area contributed by atoms with E-state index in [-0.39, 0.29) is 11.8 Å². The van der Waals surface area contributed by atoms with Gasteiger partial charge in [-0.2, -0.15) is 0 Å². The molecule has 0 aliphatic heterocycles. The van der Waals surface area contributed by atoms with Crippen molar-refractivity contribution in [2.75, 3.05) is 5.32 Å². The van der Waals surface area contributed by atoms with Crippen LogP contribution in [0.25, 0.3) is 0 Å². The van der Waals surface area contributed by atoms with Crippen molar-refractivity contribution in [2.24, 2.45) is 5.92 Å². The summed E-state index contributed by atoms with van der Waals surface area (Å²) in [4.78, 5) is 11.7. The maximum Gasteiger partial charge on any atom is 0.227 e. The molecule has 4 heteroatoms. The Hall–Kier alpha value is -0.540. The molecule has 1 aromatic carbocycles. The van der Waals surface area contributed by atoms with Gasteiger partial charge in [0.25, 0.3) is 0 Å². The molecule has 2 nitrogen and oxygen atoms in total. The van der Waals surface area contributed by atoms with Crippen molar-refractivity contribution in [3.8, 4) is 0 Å². The Kier molecular flexibility index (Phi) is 3.32. The Morgan fingerprint density at radius 3 is 2.80 bits per heavy atom. The van der Waals surface area contributed by atoms with E-state index in [4.69, 9.17) is 11.6 Å². The number of hydrogen-bond donors (Lipinski definition) is 1. The van der Waals surface area contributed by atoms with Crippen LogP contribution in [0, 0.1) is 5.92 Å². The molecule has 80 valence electrons. The van der Waals surface area contributed by atoms with Crippen LogP contribution in [0.1, 0.15) is 19.3 Å². The summed E-state index contributed by atoms with van der Waals surface area (Å²) in [6, 6.07) is 5.43. The van der Waals surface area contributed by atoms with Gasteiger partial charge in [-0.15, -0.1) is 0 Å². The molecule has 1 aliphatic rings. The molecule has 1 amide bonds. The summed E-state index contributed by atoms with van der Waals surface area (Å²) in [5.41, 5.74) is 0.683. The molecule has 0 aromatic heterocycles. The van der Waals surface area contributed by atoms with Crippen molar-refractivity contribution in [1.29, 1.82) is 0 Å². The third-order valence-corrected chi connectivity index (χ3v) is 3.49. The molecule has 0 saturated heterocycles. The van der Waals surface area contributed by atoms with Crippen LogP contribution in [0.5, 0.6) is 0 Å². The Morgan fingerprint density at radius 2 is 2.20 bits per heavy atom. The maximum absolute atomic E-state index is 11.7. The molecular formula is C11H11BrClNO. The predicted octanol–water partition coefficient (Wildman–Crippen LogP) is 3.84. The molecule has 0 radical (unpaired) electrons. The van der Waals surface area contributed by atoms with E-state index in [1.807, 2.05) is 12.1 Å². The molecule has 0 heterocycles. The fraction of sp³-hybridized carbons (Fsp3) is 0.364. The van der Waals surface area contributed by atoms with Gasteiger partial charge in [-0.05, 0) is 31.0 Å². The Labute approximate surface area is 102 Å². The molecule has 1 fully saturated rings. The highest BCUT2D eigenvalue weighted by atomic mass is 79.9. The summed E-state index contributed by atoms with van der Waals surface area (Å²) < 4.78 is 0.913. The highest BCUT2D eigenvalue weighted by Gasteiger charge is 2.25. The topological polar surface area (TPSA) is 29.1 Å². The first kappa shape index (κ1) is 11.0. The van der Waals surface area contributed by atoms with E-state index >= 15 is 0 Å². The lowest BCUT2D eigenvalue weighted by atomic mass is 9.85. The van der Waals surface area contributed by atoms with Crippen molar-refractivity contribution in [3.63, 3.8) is 0 Å². The highest BCUT2D eigenvalue weighted by Crippen LogP contribution is 2.30. The molecule has 2 rings (SSSR count). The smallest absolute Gasteiger partial charge is 0.227 e. The van der Waals surface area contributed by atoms with E-state index in [0.29, 0.717) is 10.7 Å².